The molecule has 1 saturated heterocycles. The van der Waals surface area contributed by atoms with Gasteiger partial charge in [0, 0.05) is 19.6 Å². The molecule has 0 aliphatic carbocycles. The minimum Gasteiger partial charge on any atom is -0.493 e. The van der Waals surface area contributed by atoms with Crippen LogP contribution in [-0.4, -0.2) is 65.6 Å². The van der Waals surface area contributed by atoms with E-state index < -0.39 is 0 Å². The molecular weight excluding hydrogens is 398 g/mol. The van der Waals surface area contributed by atoms with E-state index in [0.29, 0.717) is 42.7 Å². The Bertz CT molecular complexity index is 911. The molecule has 2 heterocycles. The van der Waals surface area contributed by atoms with Gasteiger partial charge in [-0.1, -0.05) is 25.1 Å². The van der Waals surface area contributed by atoms with E-state index in [1.807, 2.05) is 36.9 Å². The molecule has 168 valence electrons. The number of nitrogens with zero attached hydrogens (tertiary/aromatic N) is 4. The standard InChI is InChI=1S/C22H31N5O4/c1-15(2)12-23-22(29)18-14-27(25-24-18)17-6-5-9-26(13-17)21(28)11-16-7-8-19(30-3)20(10-16)31-4/h7-8,10,14-15,17H,5-6,9,11-13H2,1-4H3,(H,23,29). The monoisotopic (exact) mass is 429 g/mol. The molecule has 31 heavy (non-hydrogen) atoms. The summed E-state index contributed by atoms with van der Waals surface area (Å²) in [5.74, 6) is 1.43. The fraction of sp³-hybridized carbons (Fsp3) is 0.545. The summed E-state index contributed by atoms with van der Waals surface area (Å²) < 4.78 is 12.3. The first-order valence-electron chi connectivity index (χ1n) is 10.6. The lowest BCUT2D eigenvalue weighted by molar-refractivity contribution is -0.132. The molecule has 2 aromatic rings. The number of methoxy groups -OCH3 is 2. The van der Waals surface area contributed by atoms with Crippen LogP contribution >= 0.6 is 0 Å². The van der Waals surface area contributed by atoms with Gasteiger partial charge in [0.05, 0.1) is 32.9 Å². The Morgan fingerprint density at radius 1 is 1.23 bits per heavy atom. The number of benzene rings is 1. The summed E-state index contributed by atoms with van der Waals surface area (Å²) in [6.07, 6.45) is 3.71. The quantitative estimate of drug-likeness (QED) is 0.690. The second-order valence-corrected chi connectivity index (χ2v) is 8.19. The zero-order valence-electron chi connectivity index (χ0n) is 18.6. The number of hydrogen-bond acceptors (Lipinski definition) is 6. The molecule has 0 bridgehead atoms. The number of rotatable bonds is 8. The molecule has 1 N–H and O–H groups in total. The maximum Gasteiger partial charge on any atom is 0.273 e. The van der Waals surface area contributed by atoms with Crippen LogP contribution in [0.4, 0.5) is 0 Å². The topological polar surface area (TPSA) is 98.6 Å². The third-order valence-electron chi connectivity index (χ3n) is 5.34. The Morgan fingerprint density at radius 3 is 2.71 bits per heavy atom. The summed E-state index contributed by atoms with van der Waals surface area (Å²) in [5.41, 5.74) is 1.17. The maximum absolute atomic E-state index is 12.9. The highest BCUT2D eigenvalue weighted by Gasteiger charge is 2.26. The summed E-state index contributed by atoms with van der Waals surface area (Å²) >= 11 is 0. The highest BCUT2D eigenvalue weighted by atomic mass is 16.5. The Balaban J connectivity index is 1.61. The van der Waals surface area contributed by atoms with E-state index in [0.717, 1.165) is 18.4 Å². The van der Waals surface area contributed by atoms with E-state index in [9.17, 15) is 9.59 Å². The Labute approximate surface area is 182 Å². The lowest BCUT2D eigenvalue weighted by Crippen LogP contribution is -2.41. The fourth-order valence-corrected chi connectivity index (χ4v) is 3.62. The first kappa shape index (κ1) is 22.6. The number of piperidine rings is 1. The lowest BCUT2D eigenvalue weighted by atomic mass is 10.0. The van der Waals surface area contributed by atoms with Crippen molar-refractivity contribution in [1.82, 2.24) is 25.2 Å². The van der Waals surface area contributed by atoms with Crippen molar-refractivity contribution in [3.63, 3.8) is 0 Å². The van der Waals surface area contributed by atoms with Crippen molar-refractivity contribution < 1.29 is 19.1 Å². The molecule has 3 rings (SSSR count). The van der Waals surface area contributed by atoms with Crippen LogP contribution < -0.4 is 14.8 Å². The van der Waals surface area contributed by atoms with Crippen molar-refractivity contribution in [2.24, 2.45) is 5.92 Å². The Hall–Kier alpha value is -3.10. The van der Waals surface area contributed by atoms with Gasteiger partial charge in [-0.2, -0.15) is 0 Å². The lowest BCUT2D eigenvalue weighted by Gasteiger charge is -2.32. The van der Waals surface area contributed by atoms with Gasteiger partial charge in [0.15, 0.2) is 17.2 Å². The van der Waals surface area contributed by atoms with Crippen LogP contribution in [0.2, 0.25) is 0 Å². The van der Waals surface area contributed by atoms with E-state index in [4.69, 9.17) is 9.47 Å². The summed E-state index contributed by atoms with van der Waals surface area (Å²) in [7, 11) is 3.16. The van der Waals surface area contributed by atoms with Crippen molar-refractivity contribution in [3.8, 4) is 11.5 Å². The number of hydrogen-bond donors (Lipinski definition) is 1. The smallest absolute Gasteiger partial charge is 0.273 e. The predicted molar refractivity (Wildman–Crippen MR) is 115 cm³/mol. The molecule has 1 aromatic heterocycles. The van der Waals surface area contributed by atoms with Crippen LogP contribution in [0.1, 0.15) is 48.8 Å². The molecular formula is C22H31N5O4. The van der Waals surface area contributed by atoms with Crippen LogP contribution in [0.3, 0.4) is 0 Å². The number of amides is 2. The van der Waals surface area contributed by atoms with Gasteiger partial charge in [-0.05, 0) is 36.5 Å². The van der Waals surface area contributed by atoms with Crippen molar-refractivity contribution in [2.75, 3.05) is 33.9 Å². The SMILES string of the molecule is COc1ccc(CC(=O)N2CCCC(n3cc(C(=O)NCC(C)C)nn3)C2)cc1OC. The summed E-state index contributed by atoms with van der Waals surface area (Å²) in [6.45, 7) is 5.91. The van der Waals surface area contributed by atoms with Crippen LogP contribution in [0.5, 0.6) is 11.5 Å². The molecule has 1 aliphatic rings. The molecule has 1 aromatic carbocycles. The molecule has 9 nitrogen and oxygen atoms in total. The highest BCUT2D eigenvalue weighted by Crippen LogP contribution is 2.28. The highest BCUT2D eigenvalue weighted by molar-refractivity contribution is 5.91. The molecule has 0 spiro atoms. The Morgan fingerprint density at radius 2 is 2.00 bits per heavy atom. The van der Waals surface area contributed by atoms with Gasteiger partial charge in [-0.3, -0.25) is 9.59 Å². The molecule has 1 unspecified atom stereocenters. The van der Waals surface area contributed by atoms with Gasteiger partial charge in [0.2, 0.25) is 5.91 Å². The number of carbonyl (C=O) groups is 2. The number of aromatic nitrogens is 3. The van der Waals surface area contributed by atoms with E-state index in [2.05, 4.69) is 15.6 Å². The second-order valence-electron chi connectivity index (χ2n) is 8.19. The average molecular weight is 430 g/mol. The summed E-state index contributed by atoms with van der Waals surface area (Å²) in [5, 5.41) is 11.0. The molecule has 2 amide bonds. The van der Waals surface area contributed by atoms with E-state index >= 15 is 0 Å². The number of carbonyl (C=O) groups excluding carboxylic acids is 2. The second kappa shape index (κ2) is 10.3. The predicted octanol–water partition coefficient (Wildman–Crippen LogP) is 2.09. The number of likely N-dealkylation sites (tertiary alicyclic amines) is 1. The molecule has 1 aliphatic heterocycles. The first-order valence-corrected chi connectivity index (χ1v) is 10.6. The zero-order chi connectivity index (χ0) is 22.4. The molecule has 9 heteroatoms. The van der Waals surface area contributed by atoms with Crippen molar-refractivity contribution in [3.05, 3.63) is 35.7 Å². The first-order chi connectivity index (χ1) is 14.9. The normalized spacial score (nSPS) is 16.3. The average Bonchev–Trinajstić information content (AvgIpc) is 3.28. The van der Waals surface area contributed by atoms with Gasteiger partial charge in [0.25, 0.3) is 5.91 Å². The van der Waals surface area contributed by atoms with E-state index in [1.54, 1.807) is 25.1 Å². The molecule has 0 saturated carbocycles. The fourth-order valence-electron chi connectivity index (χ4n) is 3.62. The third-order valence-corrected chi connectivity index (χ3v) is 5.34. The number of ether oxygens (including phenoxy) is 2. The van der Waals surface area contributed by atoms with Gasteiger partial charge < -0.3 is 19.7 Å². The maximum atomic E-state index is 12.9. The minimum absolute atomic E-state index is 0.00209. The van der Waals surface area contributed by atoms with Gasteiger partial charge in [-0.25, -0.2) is 4.68 Å². The van der Waals surface area contributed by atoms with Crippen LogP contribution in [-0.2, 0) is 11.2 Å². The van der Waals surface area contributed by atoms with Crippen LogP contribution in [0, 0.1) is 5.92 Å². The minimum atomic E-state index is -0.225. The Kier molecular flexibility index (Phi) is 7.49. The van der Waals surface area contributed by atoms with Crippen molar-refractivity contribution in [2.45, 2.75) is 39.2 Å². The van der Waals surface area contributed by atoms with Gasteiger partial charge in [-0.15, -0.1) is 5.10 Å². The van der Waals surface area contributed by atoms with Crippen molar-refractivity contribution >= 4 is 11.8 Å². The third kappa shape index (κ3) is 5.74. The molecule has 1 atom stereocenters. The largest absolute Gasteiger partial charge is 0.493 e. The van der Waals surface area contributed by atoms with Crippen molar-refractivity contribution in [1.29, 1.82) is 0 Å². The zero-order valence-corrected chi connectivity index (χ0v) is 18.6. The molecule has 0 radical (unpaired) electrons. The van der Waals surface area contributed by atoms with E-state index in [-0.39, 0.29) is 24.3 Å². The summed E-state index contributed by atoms with van der Waals surface area (Å²) in [4.78, 5) is 27.0. The molecule has 1 fully saturated rings. The van der Waals surface area contributed by atoms with E-state index in [1.165, 1.54) is 0 Å². The van der Waals surface area contributed by atoms with Gasteiger partial charge in [0.1, 0.15) is 0 Å². The summed E-state index contributed by atoms with van der Waals surface area (Å²) in [6, 6.07) is 5.52. The van der Waals surface area contributed by atoms with Crippen LogP contribution in [0.25, 0.3) is 0 Å². The van der Waals surface area contributed by atoms with Gasteiger partial charge >= 0.3 is 0 Å². The number of nitrogens with one attached hydrogen (secondary N) is 1. The van der Waals surface area contributed by atoms with Crippen LogP contribution in [0.15, 0.2) is 24.4 Å².